The Kier molecular flexibility index (Phi) is 7.37. The molecule has 2 unspecified atom stereocenters. The van der Waals surface area contributed by atoms with Crippen LogP contribution in [0, 0.1) is 31.1 Å². The number of amides is 2. The standard InChI is InChI=1S/C27H22Cl3N3O2/c1-15-3-8-20(11-23(15)29)33-14-18(10-26(33)34)27(35)32-25-12-24(30)21(9-16(25)2)22(13-31)17-4-6-19(28)7-5-17/h3-9,11-12,18,22H,10,14H2,1-2H3,(H,32,35). The van der Waals surface area contributed by atoms with Gasteiger partial charge in [-0.2, -0.15) is 5.26 Å². The number of carbonyl (C=O) groups excluding carboxylic acids is 2. The third kappa shape index (κ3) is 5.31. The maximum atomic E-state index is 13.0. The van der Waals surface area contributed by atoms with E-state index in [1.54, 1.807) is 47.4 Å². The third-order valence-corrected chi connectivity index (χ3v) is 7.19. The molecule has 4 rings (SSSR count). The number of nitrogens with one attached hydrogen (secondary N) is 1. The smallest absolute Gasteiger partial charge is 0.229 e. The molecule has 2 amide bonds. The first-order valence-corrected chi connectivity index (χ1v) is 12.1. The molecule has 0 aromatic heterocycles. The second-order valence-corrected chi connectivity index (χ2v) is 9.88. The Labute approximate surface area is 219 Å². The van der Waals surface area contributed by atoms with E-state index in [0.29, 0.717) is 32.0 Å². The number of nitriles is 1. The molecule has 0 bridgehead atoms. The van der Waals surface area contributed by atoms with E-state index in [2.05, 4.69) is 11.4 Å². The first-order chi connectivity index (χ1) is 16.7. The lowest BCUT2D eigenvalue weighted by Gasteiger charge is -2.19. The van der Waals surface area contributed by atoms with Crippen molar-refractivity contribution in [3.8, 4) is 6.07 Å². The van der Waals surface area contributed by atoms with Crippen molar-refractivity contribution in [3.63, 3.8) is 0 Å². The topological polar surface area (TPSA) is 73.2 Å². The van der Waals surface area contributed by atoms with Crippen LogP contribution in [-0.2, 0) is 9.59 Å². The fourth-order valence-corrected chi connectivity index (χ4v) is 4.73. The SMILES string of the molecule is Cc1ccc(N2CC(C(=O)Nc3cc(Cl)c(C(C#N)c4ccc(Cl)cc4)cc3C)CC2=O)cc1Cl. The summed E-state index contributed by atoms with van der Waals surface area (Å²) in [5, 5.41) is 14.2. The van der Waals surface area contributed by atoms with Crippen molar-refractivity contribution in [1.29, 1.82) is 5.26 Å². The molecular weight excluding hydrogens is 505 g/mol. The van der Waals surface area contributed by atoms with Gasteiger partial charge in [0.05, 0.1) is 17.9 Å². The molecule has 8 heteroatoms. The number of halogens is 3. The van der Waals surface area contributed by atoms with Crippen LogP contribution in [0.4, 0.5) is 11.4 Å². The lowest BCUT2D eigenvalue weighted by atomic mass is 9.91. The zero-order valence-electron chi connectivity index (χ0n) is 19.1. The molecule has 0 spiro atoms. The van der Waals surface area contributed by atoms with Gasteiger partial charge in [0, 0.05) is 39.4 Å². The molecule has 35 heavy (non-hydrogen) atoms. The number of hydrogen-bond acceptors (Lipinski definition) is 3. The van der Waals surface area contributed by atoms with Gasteiger partial charge in [-0.15, -0.1) is 0 Å². The van der Waals surface area contributed by atoms with Gasteiger partial charge in [-0.25, -0.2) is 0 Å². The van der Waals surface area contributed by atoms with Crippen LogP contribution in [0.2, 0.25) is 15.1 Å². The van der Waals surface area contributed by atoms with Crippen LogP contribution >= 0.6 is 34.8 Å². The minimum atomic E-state index is -0.578. The predicted octanol–water partition coefficient (Wildman–Crippen LogP) is 6.91. The summed E-state index contributed by atoms with van der Waals surface area (Å²) in [6.45, 7) is 4.00. The minimum absolute atomic E-state index is 0.106. The van der Waals surface area contributed by atoms with Gasteiger partial charge < -0.3 is 10.2 Å². The molecule has 1 heterocycles. The first kappa shape index (κ1) is 25.1. The molecule has 1 aliphatic rings. The quantitative estimate of drug-likeness (QED) is 0.392. The molecule has 178 valence electrons. The third-order valence-electron chi connectivity index (χ3n) is 6.21. The van der Waals surface area contributed by atoms with Gasteiger partial charge in [0.25, 0.3) is 0 Å². The highest BCUT2D eigenvalue weighted by molar-refractivity contribution is 6.32. The summed E-state index contributed by atoms with van der Waals surface area (Å²) < 4.78 is 0. The van der Waals surface area contributed by atoms with E-state index in [9.17, 15) is 14.9 Å². The monoisotopic (exact) mass is 525 g/mol. The average molecular weight is 527 g/mol. The molecule has 0 aliphatic carbocycles. The van der Waals surface area contributed by atoms with E-state index in [1.807, 2.05) is 26.0 Å². The van der Waals surface area contributed by atoms with E-state index in [1.165, 1.54) is 0 Å². The molecule has 2 atom stereocenters. The number of aryl methyl sites for hydroxylation is 2. The van der Waals surface area contributed by atoms with Crippen LogP contribution in [0.25, 0.3) is 0 Å². The predicted molar refractivity (Wildman–Crippen MR) is 140 cm³/mol. The van der Waals surface area contributed by atoms with Crippen molar-refractivity contribution in [2.45, 2.75) is 26.2 Å². The number of hydrogen-bond donors (Lipinski definition) is 1. The molecule has 1 fully saturated rings. The fourth-order valence-electron chi connectivity index (χ4n) is 4.16. The summed E-state index contributed by atoms with van der Waals surface area (Å²) in [5.41, 5.74) is 4.32. The van der Waals surface area contributed by atoms with Crippen molar-refractivity contribution in [2.24, 2.45) is 5.92 Å². The number of anilines is 2. The van der Waals surface area contributed by atoms with Crippen molar-refractivity contribution in [3.05, 3.63) is 91.9 Å². The number of carbonyl (C=O) groups is 2. The van der Waals surface area contributed by atoms with E-state index >= 15 is 0 Å². The van der Waals surface area contributed by atoms with Crippen molar-refractivity contribution in [2.75, 3.05) is 16.8 Å². The van der Waals surface area contributed by atoms with Crippen molar-refractivity contribution < 1.29 is 9.59 Å². The summed E-state index contributed by atoms with van der Waals surface area (Å²) in [4.78, 5) is 27.2. The highest BCUT2D eigenvalue weighted by Crippen LogP contribution is 2.35. The lowest BCUT2D eigenvalue weighted by molar-refractivity contribution is -0.122. The van der Waals surface area contributed by atoms with Gasteiger partial charge in [-0.05, 0) is 66.4 Å². The van der Waals surface area contributed by atoms with Gasteiger partial charge in [0.15, 0.2) is 0 Å². The first-order valence-electron chi connectivity index (χ1n) is 11.0. The molecule has 3 aromatic rings. The number of rotatable bonds is 5. The normalized spacial score (nSPS) is 16.2. The number of benzene rings is 3. The molecular formula is C27H22Cl3N3O2. The highest BCUT2D eigenvalue weighted by Gasteiger charge is 2.35. The van der Waals surface area contributed by atoms with Crippen LogP contribution in [0.3, 0.4) is 0 Å². The van der Waals surface area contributed by atoms with Crippen LogP contribution in [-0.4, -0.2) is 18.4 Å². The molecule has 5 nitrogen and oxygen atoms in total. The van der Waals surface area contributed by atoms with E-state index in [-0.39, 0.29) is 24.8 Å². The van der Waals surface area contributed by atoms with Gasteiger partial charge in [0.2, 0.25) is 11.8 Å². The maximum absolute atomic E-state index is 13.0. The zero-order chi connectivity index (χ0) is 25.3. The lowest BCUT2D eigenvalue weighted by Crippen LogP contribution is -2.28. The second-order valence-electron chi connectivity index (χ2n) is 8.63. The van der Waals surface area contributed by atoms with Gasteiger partial charge in [-0.3, -0.25) is 9.59 Å². The summed E-state index contributed by atoms with van der Waals surface area (Å²) in [7, 11) is 0. The fraction of sp³-hybridized carbons (Fsp3) is 0.222. The van der Waals surface area contributed by atoms with Crippen LogP contribution in [0.5, 0.6) is 0 Å². The van der Waals surface area contributed by atoms with Crippen LogP contribution < -0.4 is 10.2 Å². The summed E-state index contributed by atoms with van der Waals surface area (Å²) in [5.74, 6) is -1.48. The number of nitrogens with zero attached hydrogens (tertiary/aromatic N) is 2. The summed E-state index contributed by atoms with van der Waals surface area (Å²) in [6, 6.07) is 18.2. The summed E-state index contributed by atoms with van der Waals surface area (Å²) in [6.07, 6.45) is 0.106. The maximum Gasteiger partial charge on any atom is 0.229 e. The van der Waals surface area contributed by atoms with Gasteiger partial charge in [-0.1, -0.05) is 59.1 Å². The Hall–Kier alpha value is -3.04. The Morgan fingerprint density at radius 2 is 1.74 bits per heavy atom. The Balaban J connectivity index is 1.51. The zero-order valence-corrected chi connectivity index (χ0v) is 21.4. The second kappa shape index (κ2) is 10.3. The molecule has 0 radical (unpaired) electrons. The van der Waals surface area contributed by atoms with E-state index in [4.69, 9.17) is 34.8 Å². The molecule has 3 aromatic carbocycles. The molecule has 1 saturated heterocycles. The average Bonchev–Trinajstić information content (AvgIpc) is 3.22. The Morgan fingerprint density at radius 1 is 1.03 bits per heavy atom. The molecule has 1 N–H and O–H groups in total. The summed E-state index contributed by atoms with van der Waals surface area (Å²) >= 11 is 18.7. The van der Waals surface area contributed by atoms with E-state index < -0.39 is 11.8 Å². The Bertz CT molecular complexity index is 1350. The Morgan fingerprint density at radius 3 is 2.40 bits per heavy atom. The highest BCUT2D eigenvalue weighted by atomic mass is 35.5. The largest absolute Gasteiger partial charge is 0.325 e. The van der Waals surface area contributed by atoms with Crippen LogP contribution in [0.1, 0.15) is 34.6 Å². The minimum Gasteiger partial charge on any atom is -0.325 e. The molecule has 0 saturated carbocycles. The molecule has 1 aliphatic heterocycles. The van der Waals surface area contributed by atoms with Crippen molar-refractivity contribution in [1.82, 2.24) is 0 Å². The van der Waals surface area contributed by atoms with Crippen molar-refractivity contribution >= 4 is 58.0 Å². The van der Waals surface area contributed by atoms with Gasteiger partial charge >= 0.3 is 0 Å². The van der Waals surface area contributed by atoms with Crippen LogP contribution in [0.15, 0.2) is 54.6 Å². The van der Waals surface area contributed by atoms with E-state index in [0.717, 1.165) is 16.7 Å². The van der Waals surface area contributed by atoms with Gasteiger partial charge in [0.1, 0.15) is 0 Å².